The number of anilines is 5. The predicted molar refractivity (Wildman–Crippen MR) is 253 cm³/mol. The summed E-state index contributed by atoms with van der Waals surface area (Å²) in [6, 6.07) is 43.1. The van der Waals surface area contributed by atoms with Crippen LogP contribution in [0.15, 0.2) is 109 Å². The first-order valence-electron chi connectivity index (χ1n) is 22.3. The molecule has 5 aliphatic rings. The van der Waals surface area contributed by atoms with Crippen molar-refractivity contribution >= 4 is 46.2 Å². The highest BCUT2D eigenvalue weighted by Gasteiger charge is 2.51. The van der Waals surface area contributed by atoms with Gasteiger partial charge < -0.3 is 9.71 Å². The molecule has 0 aromatic heterocycles. The maximum atomic E-state index is 2.73. The van der Waals surface area contributed by atoms with Crippen LogP contribution >= 0.6 is 0 Å². The quantitative estimate of drug-likeness (QED) is 0.162. The summed E-state index contributed by atoms with van der Waals surface area (Å²) in [5.74, 6) is 0. The summed E-state index contributed by atoms with van der Waals surface area (Å²) in [6.45, 7) is 27.1. The Kier molecular flexibility index (Phi) is 7.43. The Morgan fingerprint density at radius 2 is 1.02 bits per heavy atom. The summed E-state index contributed by atoms with van der Waals surface area (Å²) in [5, 5.41) is 0. The Morgan fingerprint density at radius 1 is 0.458 bits per heavy atom. The Hall–Kier alpha value is -5.02. The number of para-hydroxylation sites is 1. The van der Waals surface area contributed by atoms with Gasteiger partial charge in [-0.3, -0.25) is 0 Å². The van der Waals surface area contributed by atoms with Crippen molar-refractivity contribution in [3.8, 4) is 22.3 Å². The summed E-state index contributed by atoms with van der Waals surface area (Å²) in [6.07, 6.45) is 4.79. The molecule has 6 aromatic carbocycles. The number of aryl methyl sites for hydroxylation is 1. The molecule has 296 valence electrons. The van der Waals surface area contributed by atoms with Gasteiger partial charge in [-0.05, 0) is 157 Å². The van der Waals surface area contributed by atoms with Crippen LogP contribution < -0.4 is 20.6 Å². The monoisotopic (exact) mass is 770 g/mol. The third-order valence-corrected chi connectivity index (χ3v) is 16.0. The molecule has 0 spiro atoms. The molecule has 0 saturated heterocycles. The molecule has 3 heterocycles. The molecular formula is C56H59BN2. The van der Waals surface area contributed by atoms with Gasteiger partial charge in [0.25, 0.3) is 0 Å². The van der Waals surface area contributed by atoms with Crippen LogP contribution in [-0.4, -0.2) is 6.85 Å². The van der Waals surface area contributed by atoms with E-state index in [1.54, 1.807) is 0 Å². The van der Waals surface area contributed by atoms with Gasteiger partial charge in [0.2, 0.25) is 0 Å². The predicted octanol–water partition coefficient (Wildman–Crippen LogP) is 13.7. The Labute approximate surface area is 353 Å². The third kappa shape index (κ3) is 5.06. The molecule has 0 saturated carbocycles. The molecule has 0 unspecified atom stereocenters. The summed E-state index contributed by atoms with van der Waals surface area (Å²) in [4.78, 5) is 5.45. The van der Waals surface area contributed by atoms with Crippen LogP contribution in [0.3, 0.4) is 0 Å². The Morgan fingerprint density at radius 3 is 1.64 bits per heavy atom. The molecule has 2 nitrogen and oxygen atoms in total. The largest absolute Gasteiger partial charge is 0.376 e. The van der Waals surface area contributed by atoms with E-state index in [9.17, 15) is 0 Å². The molecule has 0 N–H and O–H groups in total. The van der Waals surface area contributed by atoms with Crippen LogP contribution in [-0.2, 0) is 27.1 Å². The average Bonchev–Trinajstić information content (AvgIpc) is 3.20. The van der Waals surface area contributed by atoms with E-state index in [0.717, 1.165) is 0 Å². The molecule has 59 heavy (non-hydrogen) atoms. The lowest BCUT2D eigenvalue weighted by Gasteiger charge is -2.52. The van der Waals surface area contributed by atoms with Crippen molar-refractivity contribution in [2.75, 3.05) is 9.71 Å². The second kappa shape index (κ2) is 11.8. The maximum Gasteiger partial charge on any atom is 0.333 e. The highest BCUT2D eigenvalue weighted by atomic mass is 15.2. The molecule has 0 atom stereocenters. The molecular weight excluding hydrogens is 711 g/mol. The van der Waals surface area contributed by atoms with Gasteiger partial charge in [-0.1, -0.05) is 142 Å². The van der Waals surface area contributed by atoms with E-state index in [-0.39, 0.29) is 33.9 Å². The first-order chi connectivity index (χ1) is 27.9. The van der Waals surface area contributed by atoms with Gasteiger partial charge >= 0.3 is 6.85 Å². The van der Waals surface area contributed by atoms with Crippen molar-refractivity contribution in [2.45, 2.75) is 129 Å². The number of hydrogen-bond acceptors (Lipinski definition) is 2. The highest BCUT2D eigenvalue weighted by Crippen LogP contribution is 2.59. The fourth-order valence-corrected chi connectivity index (χ4v) is 12.1. The first kappa shape index (κ1) is 37.0. The van der Waals surface area contributed by atoms with E-state index in [0.29, 0.717) is 0 Å². The SMILES string of the molecule is Cc1cc2c3c(c1)N1c4cc5c(cc4C(C)(C)c4cccc(c41)B3N(c1ccc(-c3ccccc3)cc1)c1cc3c(cc1-2)C(C)(C)CCC3(C)C)C(C)(C)CCC5(C)C. The molecule has 3 heteroatoms. The van der Waals surface area contributed by atoms with Crippen molar-refractivity contribution in [3.63, 3.8) is 0 Å². The number of hydrogen-bond donors (Lipinski definition) is 0. The van der Waals surface area contributed by atoms with Crippen molar-refractivity contribution in [1.82, 2.24) is 0 Å². The number of nitrogens with zero attached hydrogens (tertiary/aromatic N) is 2. The second-order valence-corrected chi connectivity index (χ2v) is 22.0. The highest BCUT2D eigenvalue weighted by molar-refractivity contribution is 6.93. The summed E-state index contributed by atoms with van der Waals surface area (Å²) >= 11 is 0. The minimum Gasteiger partial charge on any atom is -0.376 e. The molecule has 0 radical (unpaired) electrons. The zero-order chi connectivity index (χ0) is 41.2. The number of fused-ring (bicyclic) bond motifs is 8. The van der Waals surface area contributed by atoms with Crippen molar-refractivity contribution in [2.24, 2.45) is 0 Å². The van der Waals surface area contributed by atoms with Gasteiger partial charge in [-0.2, -0.15) is 0 Å². The molecule has 6 aromatic rings. The molecule has 11 rings (SSSR count). The third-order valence-electron chi connectivity index (χ3n) is 16.0. The topological polar surface area (TPSA) is 6.48 Å². The van der Waals surface area contributed by atoms with Crippen molar-refractivity contribution in [3.05, 3.63) is 148 Å². The Bertz CT molecular complexity index is 2760. The first-order valence-corrected chi connectivity index (χ1v) is 22.3. The minimum atomic E-state index is -0.183. The average molecular weight is 771 g/mol. The van der Waals surface area contributed by atoms with Crippen LogP contribution in [0.4, 0.5) is 28.4 Å². The summed E-state index contributed by atoms with van der Waals surface area (Å²) in [7, 11) is 0. The standard InChI is InChI=1S/C56H59BN2/c1-34-28-39-38-30-41-43(54(6,7)26-24-52(41,2)3)32-47(38)59(37-22-20-36(21-23-37)35-16-13-12-14-17-35)57-46-19-15-18-40-51(46)58(49(29-34)50(39)57)48-33-44-42(31-45(48)56(40,10)11)53(4,5)25-27-55(44,8)9/h12-23,28-33H,24-27H2,1-11H3. The maximum absolute atomic E-state index is 2.73. The van der Waals surface area contributed by atoms with E-state index in [4.69, 9.17) is 0 Å². The number of benzene rings is 6. The molecule has 3 aliphatic heterocycles. The van der Waals surface area contributed by atoms with E-state index >= 15 is 0 Å². The van der Waals surface area contributed by atoms with Crippen LogP contribution in [0, 0.1) is 6.92 Å². The van der Waals surface area contributed by atoms with E-state index in [1.165, 1.54) is 126 Å². The van der Waals surface area contributed by atoms with E-state index < -0.39 is 0 Å². The van der Waals surface area contributed by atoms with Gasteiger partial charge in [0.15, 0.2) is 0 Å². The van der Waals surface area contributed by atoms with E-state index in [2.05, 4.69) is 195 Å². The smallest absolute Gasteiger partial charge is 0.333 e. The van der Waals surface area contributed by atoms with E-state index in [1.807, 2.05) is 0 Å². The summed E-state index contributed by atoms with van der Waals surface area (Å²) < 4.78 is 0. The van der Waals surface area contributed by atoms with Crippen LogP contribution in [0.1, 0.15) is 134 Å². The van der Waals surface area contributed by atoms with Gasteiger partial charge in [0.05, 0.1) is 5.69 Å². The molecule has 0 bridgehead atoms. The normalized spacial score (nSPS) is 20.1. The lowest BCUT2D eigenvalue weighted by atomic mass is 9.42. The zero-order valence-electron chi connectivity index (χ0n) is 37.2. The van der Waals surface area contributed by atoms with Crippen LogP contribution in [0.25, 0.3) is 22.3 Å². The zero-order valence-corrected chi connectivity index (χ0v) is 37.2. The van der Waals surface area contributed by atoms with Crippen molar-refractivity contribution < 1.29 is 0 Å². The minimum absolute atomic E-state index is 0.00462. The van der Waals surface area contributed by atoms with Gasteiger partial charge in [0, 0.05) is 33.7 Å². The van der Waals surface area contributed by atoms with Crippen LogP contribution in [0.5, 0.6) is 0 Å². The van der Waals surface area contributed by atoms with Gasteiger partial charge in [0.1, 0.15) is 0 Å². The second-order valence-electron chi connectivity index (χ2n) is 22.0. The fourth-order valence-electron chi connectivity index (χ4n) is 12.1. The molecule has 0 fully saturated rings. The Balaban J connectivity index is 1.24. The van der Waals surface area contributed by atoms with Crippen molar-refractivity contribution in [1.29, 1.82) is 0 Å². The molecule has 0 amide bonds. The lowest BCUT2D eigenvalue weighted by Crippen LogP contribution is -2.62. The van der Waals surface area contributed by atoms with Gasteiger partial charge in [-0.15, -0.1) is 0 Å². The lowest BCUT2D eigenvalue weighted by molar-refractivity contribution is 0.331. The molecule has 2 aliphatic carbocycles. The summed E-state index contributed by atoms with van der Waals surface area (Å²) in [5.41, 5.74) is 25.2. The van der Waals surface area contributed by atoms with Gasteiger partial charge in [-0.25, -0.2) is 0 Å². The van der Waals surface area contributed by atoms with Crippen LogP contribution in [0.2, 0.25) is 0 Å². The number of rotatable bonds is 2. The fraction of sp³-hybridized carbons (Fsp3) is 0.357.